The Bertz CT molecular complexity index is 783. The van der Waals surface area contributed by atoms with E-state index in [0.717, 1.165) is 25.3 Å². The monoisotopic (exact) mass is 372 g/mol. The number of nitrogens with zero attached hydrogens (tertiary/aromatic N) is 1. The highest BCUT2D eigenvalue weighted by molar-refractivity contribution is 5.95. The number of anilines is 1. The average molecular weight is 372 g/mol. The number of nitrogens with two attached hydrogens (primary N) is 1. The van der Waals surface area contributed by atoms with E-state index in [4.69, 9.17) is 10.5 Å². The number of Topliss-reactive ketones (excluding diaryl/α,β-unsaturated/α-hetero) is 1. The molecule has 7 heteroatoms. The summed E-state index contributed by atoms with van der Waals surface area (Å²) in [5.41, 5.74) is 4.88. The number of ether oxygens (including phenoxy) is 1. The lowest BCUT2D eigenvalue weighted by Gasteiger charge is -2.56. The molecule has 0 spiro atoms. The summed E-state index contributed by atoms with van der Waals surface area (Å²) in [7, 11) is 0. The molecule has 7 nitrogen and oxygen atoms in total. The lowest BCUT2D eigenvalue weighted by Crippen LogP contribution is -2.52. The SMILES string of the molecule is C[C@@H](OC(=O)c1ccc(N)c([N+](=O)[O-])c1)C(=O)C12CC3CC(CC(C3)C1)C2. The molecule has 4 bridgehead atoms. The van der Waals surface area contributed by atoms with Crippen molar-refractivity contribution < 1.29 is 19.2 Å². The number of ketones is 1. The zero-order valence-corrected chi connectivity index (χ0v) is 15.3. The van der Waals surface area contributed by atoms with E-state index in [1.54, 1.807) is 6.92 Å². The molecule has 1 aromatic carbocycles. The summed E-state index contributed by atoms with van der Waals surface area (Å²) in [4.78, 5) is 36.0. The topological polar surface area (TPSA) is 113 Å². The maximum atomic E-state index is 13.2. The zero-order chi connectivity index (χ0) is 19.3. The van der Waals surface area contributed by atoms with Gasteiger partial charge in [-0.3, -0.25) is 14.9 Å². The molecule has 0 saturated heterocycles. The van der Waals surface area contributed by atoms with Crippen molar-refractivity contribution in [3.05, 3.63) is 33.9 Å². The van der Waals surface area contributed by atoms with Crippen molar-refractivity contribution in [3.8, 4) is 0 Å². The molecule has 0 amide bonds. The molecule has 4 saturated carbocycles. The molecule has 1 atom stereocenters. The molecule has 0 aliphatic heterocycles. The quantitative estimate of drug-likeness (QED) is 0.366. The molecule has 0 heterocycles. The van der Waals surface area contributed by atoms with Crippen molar-refractivity contribution in [2.24, 2.45) is 23.2 Å². The highest BCUT2D eigenvalue weighted by atomic mass is 16.6. The van der Waals surface area contributed by atoms with Crippen LogP contribution in [0.2, 0.25) is 0 Å². The third kappa shape index (κ3) is 3.09. The van der Waals surface area contributed by atoms with Gasteiger partial charge in [-0.2, -0.15) is 0 Å². The number of benzene rings is 1. The van der Waals surface area contributed by atoms with Gasteiger partial charge >= 0.3 is 5.97 Å². The predicted molar refractivity (Wildman–Crippen MR) is 98.0 cm³/mol. The number of hydrogen-bond acceptors (Lipinski definition) is 6. The second-order valence-corrected chi connectivity index (χ2v) is 8.64. The number of nitrogen functional groups attached to an aromatic ring is 1. The van der Waals surface area contributed by atoms with E-state index < -0.39 is 17.0 Å². The van der Waals surface area contributed by atoms with Gasteiger partial charge in [0.25, 0.3) is 5.69 Å². The Morgan fingerprint density at radius 2 is 1.74 bits per heavy atom. The van der Waals surface area contributed by atoms with E-state index in [1.807, 2.05) is 0 Å². The molecule has 5 rings (SSSR count). The van der Waals surface area contributed by atoms with Crippen LogP contribution < -0.4 is 5.73 Å². The molecule has 4 aliphatic rings. The normalized spacial score (nSPS) is 32.1. The number of carbonyl (C=O) groups excluding carboxylic acids is 2. The lowest BCUT2D eigenvalue weighted by molar-refractivity contribution is -0.383. The van der Waals surface area contributed by atoms with E-state index in [1.165, 1.54) is 31.4 Å². The first kappa shape index (κ1) is 17.9. The van der Waals surface area contributed by atoms with Gasteiger partial charge < -0.3 is 10.5 Å². The fourth-order valence-corrected chi connectivity index (χ4v) is 5.95. The lowest BCUT2D eigenvalue weighted by atomic mass is 9.48. The van der Waals surface area contributed by atoms with Crippen LogP contribution in [0.25, 0.3) is 0 Å². The van der Waals surface area contributed by atoms with Crippen molar-refractivity contribution in [2.45, 2.75) is 51.6 Å². The summed E-state index contributed by atoms with van der Waals surface area (Å²) >= 11 is 0. The van der Waals surface area contributed by atoms with Crippen molar-refractivity contribution in [1.82, 2.24) is 0 Å². The van der Waals surface area contributed by atoms with E-state index in [2.05, 4.69) is 0 Å². The summed E-state index contributed by atoms with van der Waals surface area (Å²) in [5.74, 6) is 1.16. The number of nitro benzene ring substituents is 1. The van der Waals surface area contributed by atoms with Crippen LogP contribution >= 0.6 is 0 Å². The maximum Gasteiger partial charge on any atom is 0.339 e. The molecule has 4 fully saturated rings. The average Bonchev–Trinajstić information content (AvgIpc) is 2.59. The Kier molecular flexibility index (Phi) is 4.20. The number of nitro groups is 1. The molecule has 144 valence electrons. The van der Waals surface area contributed by atoms with Crippen LogP contribution in [0, 0.1) is 33.3 Å². The smallest absolute Gasteiger partial charge is 0.339 e. The first-order valence-electron chi connectivity index (χ1n) is 9.56. The van der Waals surface area contributed by atoms with Gasteiger partial charge in [-0.25, -0.2) is 4.79 Å². The molecule has 4 aliphatic carbocycles. The summed E-state index contributed by atoms with van der Waals surface area (Å²) in [6.45, 7) is 1.62. The van der Waals surface area contributed by atoms with Crippen LogP contribution in [0.15, 0.2) is 18.2 Å². The van der Waals surface area contributed by atoms with E-state index in [0.29, 0.717) is 17.8 Å². The second kappa shape index (κ2) is 6.32. The number of rotatable bonds is 5. The van der Waals surface area contributed by atoms with Crippen LogP contribution in [0.1, 0.15) is 55.8 Å². The Labute approximate surface area is 157 Å². The summed E-state index contributed by atoms with van der Waals surface area (Å²) in [6, 6.07) is 3.78. The largest absolute Gasteiger partial charge is 0.451 e. The van der Waals surface area contributed by atoms with Gasteiger partial charge in [0, 0.05) is 11.5 Å². The molecule has 0 aromatic heterocycles. The summed E-state index contributed by atoms with van der Waals surface area (Å²) in [6.07, 6.45) is 5.57. The maximum absolute atomic E-state index is 13.2. The third-order valence-corrected chi connectivity index (χ3v) is 6.68. The summed E-state index contributed by atoms with van der Waals surface area (Å²) in [5, 5.41) is 11.0. The minimum absolute atomic E-state index is 0.0138. The minimum atomic E-state index is -0.856. The van der Waals surface area contributed by atoms with Crippen molar-refractivity contribution in [3.63, 3.8) is 0 Å². The third-order valence-electron chi connectivity index (χ3n) is 6.68. The minimum Gasteiger partial charge on any atom is -0.451 e. The molecule has 27 heavy (non-hydrogen) atoms. The van der Waals surface area contributed by atoms with Gasteiger partial charge in [0.15, 0.2) is 11.9 Å². The van der Waals surface area contributed by atoms with Crippen molar-refractivity contribution in [1.29, 1.82) is 0 Å². The number of carbonyl (C=O) groups is 2. The second-order valence-electron chi connectivity index (χ2n) is 8.64. The zero-order valence-electron chi connectivity index (χ0n) is 15.3. The predicted octanol–water partition coefficient (Wildman–Crippen LogP) is 3.51. The number of hydrogen-bond donors (Lipinski definition) is 1. The van der Waals surface area contributed by atoms with E-state index >= 15 is 0 Å². The highest BCUT2D eigenvalue weighted by Gasteiger charge is 2.55. The fourth-order valence-electron chi connectivity index (χ4n) is 5.95. The van der Waals surface area contributed by atoms with Crippen molar-refractivity contribution in [2.75, 3.05) is 5.73 Å². The van der Waals surface area contributed by atoms with Crippen LogP contribution in [0.4, 0.5) is 11.4 Å². The van der Waals surface area contributed by atoms with Gasteiger partial charge in [0.05, 0.1) is 10.5 Å². The van der Waals surface area contributed by atoms with Gasteiger partial charge in [-0.1, -0.05) is 0 Å². The number of esters is 1. The van der Waals surface area contributed by atoms with Crippen LogP contribution in [0.3, 0.4) is 0 Å². The van der Waals surface area contributed by atoms with Crippen LogP contribution in [-0.4, -0.2) is 22.8 Å². The summed E-state index contributed by atoms with van der Waals surface area (Å²) < 4.78 is 5.41. The molecular formula is C20H24N2O5. The molecule has 1 aromatic rings. The standard InChI is InChI=1S/C20H24N2O5/c1-11(27-19(24)15-2-3-16(21)17(7-15)22(25)26)18(23)20-8-12-4-13(9-20)6-14(5-12)10-20/h2-3,7,11-14H,4-6,8-10,21H2,1H3/t11-,12?,13?,14?,20?/m1/s1. The van der Waals surface area contributed by atoms with E-state index in [9.17, 15) is 19.7 Å². The molecular weight excluding hydrogens is 348 g/mol. The highest BCUT2D eigenvalue weighted by Crippen LogP contribution is 2.60. The Hall–Kier alpha value is -2.44. The van der Waals surface area contributed by atoms with Crippen LogP contribution in [0.5, 0.6) is 0 Å². The molecule has 0 unspecified atom stereocenters. The Morgan fingerprint density at radius 3 is 2.26 bits per heavy atom. The fraction of sp³-hybridized carbons (Fsp3) is 0.600. The van der Waals surface area contributed by atoms with Crippen LogP contribution in [-0.2, 0) is 9.53 Å². The molecule has 0 radical (unpaired) electrons. The first-order valence-corrected chi connectivity index (χ1v) is 9.56. The Morgan fingerprint density at radius 1 is 1.19 bits per heavy atom. The molecule has 2 N–H and O–H groups in total. The Balaban J connectivity index is 1.48. The van der Waals surface area contributed by atoms with Gasteiger partial charge in [0.2, 0.25) is 0 Å². The van der Waals surface area contributed by atoms with Gasteiger partial charge in [-0.15, -0.1) is 0 Å². The van der Waals surface area contributed by atoms with E-state index in [-0.39, 0.29) is 28.1 Å². The van der Waals surface area contributed by atoms with Crippen molar-refractivity contribution >= 4 is 23.1 Å². The van der Waals surface area contributed by atoms with Gasteiger partial charge in [-0.05, 0) is 75.3 Å². The van der Waals surface area contributed by atoms with Gasteiger partial charge in [0.1, 0.15) is 5.69 Å². The first-order chi connectivity index (χ1) is 12.8.